The Morgan fingerprint density at radius 3 is 1.75 bits per heavy atom. The quantitative estimate of drug-likeness (QED) is 0.538. The second-order valence-electron chi connectivity index (χ2n) is 8.30. The third kappa shape index (κ3) is 4.24. The van der Waals surface area contributed by atoms with E-state index in [2.05, 4.69) is 48.3 Å². The lowest BCUT2D eigenvalue weighted by Crippen LogP contribution is -2.41. The molecule has 1 aliphatic heterocycles. The van der Waals surface area contributed by atoms with Crippen molar-refractivity contribution in [2.45, 2.75) is 18.2 Å². The van der Waals surface area contributed by atoms with Gasteiger partial charge < -0.3 is 19.3 Å². The number of benzene rings is 3. The number of aliphatic hydroxyl groups excluding tert-OH is 1. The van der Waals surface area contributed by atoms with Crippen molar-refractivity contribution in [3.05, 3.63) is 95.6 Å². The summed E-state index contributed by atoms with van der Waals surface area (Å²) in [6.07, 6.45) is 0.630. The Bertz CT molecular complexity index is 941. The molecule has 5 heteroatoms. The van der Waals surface area contributed by atoms with Gasteiger partial charge in [-0.05, 0) is 60.3 Å². The lowest BCUT2D eigenvalue weighted by molar-refractivity contribution is -0.101. The van der Waals surface area contributed by atoms with Gasteiger partial charge in [-0.25, -0.2) is 0 Å². The molecule has 2 atom stereocenters. The number of ether oxygens (including phenoxy) is 3. The summed E-state index contributed by atoms with van der Waals surface area (Å²) in [6.45, 7) is 0.963. The first kappa shape index (κ1) is 22.3. The molecule has 3 aromatic carbocycles. The molecular weight excluding hydrogens is 402 g/mol. The highest BCUT2D eigenvalue weighted by atomic mass is 16.5. The van der Waals surface area contributed by atoms with Crippen LogP contribution in [0.3, 0.4) is 0 Å². The topological polar surface area (TPSA) is 51.2 Å². The molecule has 168 valence electrons. The maximum Gasteiger partial charge on any atom is 0.145 e. The molecular formula is C27H31NO4. The molecule has 0 amide bonds. The zero-order valence-electron chi connectivity index (χ0n) is 18.9. The number of rotatable bonds is 8. The monoisotopic (exact) mass is 433 g/mol. The number of nitrogens with zero attached hydrogens (tertiary/aromatic N) is 1. The molecule has 32 heavy (non-hydrogen) atoms. The van der Waals surface area contributed by atoms with Gasteiger partial charge in [-0.15, -0.1) is 0 Å². The number of hydrogen-bond donors (Lipinski definition) is 1. The van der Waals surface area contributed by atoms with E-state index in [9.17, 15) is 5.11 Å². The third-order valence-corrected chi connectivity index (χ3v) is 6.32. The molecule has 0 radical (unpaired) electrons. The summed E-state index contributed by atoms with van der Waals surface area (Å²) in [7, 11) is 5.39. The van der Waals surface area contributed by atoms with E-state index in [1.165, 1.54) is 0 Å². The van der Waals surface area contributed by atoms with E-state index in [1.807, 2.05) is 42.5 Å². The van der Waals surface area contributed by atoms with E-state index < -0.39 is 5.60 Å². The van der Waals surface area contributed by atoms with Crippen LogP contribution >= 0.6 is 0 Å². The summed E-state index contributed by atoms with van der Waals surface area (Å²) >= 11 is 0. The number of methoxy groups -OCH3 is 2. The molecule has 5 nitrogen and oxygen atoms in total. The Labute approximate surface area is 190 Å². The van der Waals surface area contributed by atoms with Gasteiger partial charge >= 0.3 is 0 Å². The van der Waals surface area contributed by atoms with Crippen molar-refractivity contribution >= 4 is 0 Å². The van der Waals surface area contributed by atoms with E-state index in [4.69, 9.17) is 14.2 Å². The summed E-state index contributed by atoms with van der Waals surface area (Å²) in [4.78, 5) is 2.19. The first-order valence-electron chi connectivity index (χ1n) is 10.9. The van der Waals surface area contributed by atoms with E-state index in [0.29, 0.717) is 0 Å². The molecule has 0 bridgehead atoms. The van der Waals surface area contributed by atoms with Crippen LogP contribution in [-0.2, 0) is 10.3 Å². The average Bonchev–Trinajstić information content (AvgIpc) is 3.22. The molecule has 0 spiro atoms. The molecule has 2 unspecified atom stereocenters. The van der Waals surface area contributed by atoms with E-state index in [-0.39, 0.29) is 18.8 Å². The van der Waals surface area contributed by atoms with Crippen LogP contribution in [0.25, 0.3) is 0 Å². The van der Waals surface area contributed by atoms with Gasteiger partial charge in [0.2, 0.25) is 0 Å². The highest BCUT2D eigenvalue weighted by Gasteiger charge is 2.43. The van der Waals surface area contributed by atoms with Crippen LogP contribution in [0.2, 0.25) is 0 Å². The van der Waals surface area contributed by atoms with Gasteiger partial charge in [0.05, 0.1) is 14.2 Å². The maximum atomic E-state index is 9.76. The fourth-order valence-electron chi connectivity index (χ4n) is 4.57. The van der Waals surface area contributed by atoms with Crippen molar-refractivity contribution in [1.82, 2.24) is 4.90 Å². The van der Waals surface area contributed by atoms with Gasteiger partial charge in [0.1, 0.15) is 23.3 Å². The lowest BCUT2D eigenvalue weighted by Gasteiger charge is -2.39. The van der Waals surface area contributed by atoms with Crippen molar-refractivity contribution in [3.63, 3.8) is 0 Å². The van der Waals surface area contributed by atoms with Crippen molar-refractivity contribution < 1.29 is 19.3 Å². The SMILES string of the molecule is COc1ccc(C(OC2CC(CO)CN2C)(c2ccccc2)c2ccc(OC)cc2)cc1. The van der Waals surface area contributed by atoms with E-state index in [0.717, 1.165) is 41.2 Å². The normalized spacial score (nSPS) is 19.1. The van der Waals surface area contributed by atoms with Crippen molar-refractivity contribution in [2.24, 2.45) is 5.92 Å². The molecule has 0 saturated carbocycles. The predicted octanol–water partition coefficient (Wildman–Crippen LogP) is 4.28. The predicted molar refractivity (Wildman–Crippen MR) is 125 cm³/mol. The van der Waals surface area contributed by atoms with Gasteiger partial charge in [0.15, 0.2) is 0 Å². The minimum Gasteiger partial charge on any atom is -0.497 e. The third-order valence-electron chi connectivity index (χ3n) is 6.32. The highest BCUT2D eigenvalue weighted by molar-refractivity contribution is 5.49. The molecule has 3 aromatic rings. The summed E-state index contributed by atoms with van der Waals surface area (Å²) < 4.78 is 17.9. The molecule has 1 heterocycles. The molecule has 1 aliphatic rings. The van der Waals surface area contributed by atoms with Crippen molar-refractivity contribution in [3.8, 4) is 11.5 Å². The molecule has 1 N–H and O–H groups in total. The summed E-state index contributed by atoms with van der Waals surface area (Å²) in [5.41, 5.74) is 2.21. The van der Waals surface area contributed by atoms with Gasteiger partial charge in [-0.3, -0.25) is 4.90 Å². The standard InChI is InChI=1S/C27H31NO4/c1-28-18-20(19-29)17-26(28)32-27(21-7-5-4-6-8-21,22-9-13-24(30-2)14-10-22)23-11-15-25(31-3)16-12-23/h4-16,20,26,29H,17-19H2,1-3H3. The summed E-state index contributed by atoms with van der Waals surface area (Å²) in [5, 5.41) is 9.76. The second kappa shape index (κ2) is 9.74. The van der Waals surface area contributed by atoms with Crippen LogP contribution in [-0.4, -0.2) is 50.7 Å². The minimum atomic E-state index is -0.844. The summed E-state index contributed by atoms with van der Waals surface area (Å²) in [5.74, 6) is 1.79. The Kier molecular flexibility index (Phi) is 6.80. The number of hydrogen-bond acceptors (Lipinski definition) is 5. The zero-order chi connectivity index (χ0) is 22.6. The minimum absolute atomic E-state index is 0.142. The van der Waals surface area contributed by atoms with Gasteiger partial charge in [-0.1, -0.05) is 54.6 Å². The molecule has 0 aromatic heterocycles. The van der Waals surface area contributed by atoms with Crippen LogP contribution in [0.15, 0.2) is 78.9 Å². The highest BCUT2D eigenvalue weighted by Crippen LogP contribution is 2.44. The Hall–Kier alpha value is -2.86. The largest absolute Gasteiger partial charge is 0.497 e. The van der Waals surface area contributed by atoms with Crippen LogP contribution in [0.4, 0.5) is 0 Å². The number of likely N-dealkylation sites (tertiary alicyclic amines) is 1. The molecule has 1 fully saturated rings. The molecule has 0 aliphatic carbocycles. The second-order valence-corrected chi connectivity index (χ2v) is 8.30. The smallest absolute Gasteiger partial charge is 0.145 e. The molecule has 1 saturated heterocycles. The first-order chi connectivity index (χ1) is 15.6. The average molecular weight is 434 g/mol. The maximum absolute atomic E-state index is 9.76. The van der Waals surface area contributed by atoms with Gasteiger partial charge in [0, 0.05) is 13.2 Å². The first-order valence-corrected chi connectivity index (χ1v) is 10.9. The molecule has 4 rings (SSSR count). The summed E-state index contributed by atoms with van der Waals surface area (Å²) in [6, 6.07) is 26.4. The fraction of sp³-hybridized carbons (Fsp3) is 0.333. The van der Waals surface area contributed by atoms with E-state index >= 15 is 0 Å². The van der Waals surface area contributed by atoms with Gasteiger partial charge in [0.25, 0.3) is 0 Å². The Morgan fingerprint density at radius 1 is 0.812 bits per heavy atom. The fourth-order valence-corrected chi connectivity index (χ4v) is 4.57. The van der Waals surface area contributed by atoms with Gasteiger partial charge in [-0.2, -0.15) is 0 Å². The van der Waals surface area contributed by atoms with Crippen molar-refractivity contribution in [1.29, 1.82) is 0 Å². The number of aliphatic hydroxyl groups is 1. The van der Waals surface area contributed by atoms with Crippen LogP contribution in [0, 0.1) is 5.92 Å². The van der Waals surface area contributed by atoms with Crippen LogP contribution in [0.1, 0.15) is 23.1 Å². The van der Waals surface area contributed by atoms with Crippen LogP contribution in [0.5, 0.6) is 11.5 Å². The van der Waals surface area contributed by atoms with Crippen LogP contribution < -0.4 is 9.47 Å². The van der Waals surface area contributed by atoms with E-state index in [1.54, 1.807) is 14.2 Å². The Balaban J connectivity index is 1.90. The van der Waals surface area contributed by atoms with Crippen molar-refractivity contribution in [2.75, 3.05) is 34.4 Å². The zero-order valence-corrected chi connectivity index (χ0v) is 18.9. The Morgan fingerprint density at radius 2 is 1.31 bits per heavy atom. The lowest BCUT2D eigenvalue weighted by atomic mass is 9.80.